The maximum Gasteiger partial charge on any atom is 0.0333 e. The zero-order valence-corrected chi connectivity index (χ0v) is 11.4. The van der Waals surface area contributed by atoms with Crippen LogP contribution in [0.1, 0.15) is 16.7 Å². The van der Waals surface area contributed by atoms with E-state index in [1.165, 1.54) is 27.5 Å². The van der Waals surface area contributed by atoms with Crippen LogP contribution in [0.3, 0.4) is 0 Å². The summed E-state index contributed by atoms with van der Waals surface area (Å²) < 4.78 is 0.646. The van der Waals surface area contributed by atoms with Crippen LogP contribution in [0.4, 0.5) is 0 Å². The second-order valence-electron chi connectivity index (χ2n) is 4.44. The molecule has 1 aliphatic carbocycles. The van der Waals surface area contributed by atoms with Gasteiger partial charge in [-0.05, 0) is 35.2 Å². The Morgan fingerprint density at radius 1 is 1.19 bits per heavy atom. The minimum atomic E-state index is 0.646. The van der Waals surface area contributed by atoms with E-state index in [2.05, 4.69) is 72.0 Å². The van der Waals surface area contributed by atoms with Gasteiger partial charge in [-0.2, -0.15) is 0 Å². The summed E-state index contributed by atoms with van der Waals surface area (Å²) in [4.78, 5) is 0. The van der Waals surface area contributed by atoms with Crippen LogP contribution in [0, 0.1) is 6.92 Å². The van der Waals surface area contributed by atoms with Crippen molar-refractivity contribution in [1.82, 2.24) is 0 Å². The molecule has 0 heterocycles. The predicted molar refractivity (Wildman–Crippen MR) is 79.2 cm³/mol. The number of benzene rings is 2. The second-order valence-corrected chi connectivity index (χ2v) is 6.04. The summed E-state index contributed by atoms with van der Waals surface area (Å²) in [5, 5.41) is 2.75. The third kappa shape index (κ3) is 1.67. The number of rotatable bonds is 0. The van der Waals surface area contributed by atoms with E-state index >= 15 is 0 Å². The van der Waals surface area contributed by atoms with Crippen molar-refractivity contribution in [2.24, 2.45) is 0 Å². The summed E-state index contributed by atoms with van der Waals surface area (Å²) in [6, 6.07) is 11.3. The van der Waals surface area contributed by atoms with E-state index in [0.717, 1.165) is 6.42 Å². The average molecular weight is 320 g/mol. The predicted octanol–water partition coefficient (Wildman–Crippen LogP) is 4.52. The van der Waals surface area contributed by atoms with Gasteiger partial charge in [0.25, 0.3) is 0 Å². The summed E-state index contributed by atoms with van der Waals surface area (Å²) >= 11 is 2.50. The van der Waals surface area contributed by atoms with Gasteiger partial charge < -0.3 is 0 Å². The molecule has 1 unspecified atom stereocenters. The molecule has 3 rings (SSSR count). The molecule has 0 fully saturated rings. The van der Waals surface area contributed by atoms with E-state index < -0.39 is 0 Å². The van der Waals surface area contributed by atoms with Crippen molar-refractivity contribution in [2.75, 3.05) is 0 Å². The lowest BCUT2D eigenvalue weighted by Crippen LogP contribution is -2.05. The Morgan fingerprint density at radius 2 is 2.06 bits per heavy atom. The Hall–Kier alpha value is -0.830. The van der Waals surface area contributed by atoms with Crippen LogP contribution >= 0.6 is 22.6 Å². The Kier molecular flexibility index (Phi) is 2.51. The highest BCUT2D eigenvalue weighted by atomic mass is 127. The van der Waals surface area contributed by atoms with E-state index in [1.54, 1.807) is 0 Å². The van der Waals surface area contributed by atoms with Gasteiger partial charge in [0.15, 0.2) is 0 Å². The summed E-state index contributed by atoms with van der Waals surface area (Å²) in [6.45, 7) is 2.15. The Bertz CT molecular complexity index is 581. The molecule has 16 heavy (non-hydrogen) atoms. The molecule has 0 saturated carbocycles. The highest BCUT2D eigenvalue weighted by Crippen LogP contribution is 2.30. The van der Waals surface area contributed by atoms with Gasteiger partial charge in [0, 0.05) is 3.92 Å². The van der Waals surface area contributed by atoms with Crippen LogP contribution < -0.4 is 0 Å². The van der Waals surface area contributed by atoms with Crippen molar-refractivity contribution in [3.05, 3.63) is 53.1 Å². The van der Waals surface area contributed by atoms with Crippen LogP contribution in [0.15, 0.2) is 36.4 Å². The molecule has 0 spiro atoms. The van der Waals surface area contributed by atoms with Crippen molar-refractivity contribution in [3.63, 3.8) is 0 Å². The molecular formula is C15H13I. The SMILES string of the molecule is Cc1ccc2c3c(ccc2c1)CC(I)C=C3. The lowest BCUT2D eigenvalue weighted by atomic mass is 9.92. The van der Waals surface area contributed by atoms with Crippen LogP contribution in [-0.4, -0.2) is 3.92 Å². The molecule has 1 heteroatoms. The molecule has 0 bridgehead atoms. The fraction of sp³-hybridized carbons (Fsp3) is 0.200. The van der Waals surface area contributed by atoms with Gasteiger partial charge in [0.2, 0.25) is 0 Å². The Balaban J connectivity index is 2.31. The quantitative estimate of drug-likeness (QED) is 0.494. The van der Waals surface area contributed by atoms with E-state index in [1.807, 2.05) is 0 Å². The van der Waals surface area contributed by atoms with Crippen molar-refractivity contribution in [2.45, 2.75) is 17.3 Å². The van der Waals surface area contributed by atoms with Crippen molar-refractivity contribution in [1.29, 1.82) is 0 Å². The smallest absolute Gasteiger partial charge is 0.0333 e. The fourth-order valence-electron chi connectivity index (χ4n) is 2.37. The summed E-state index contributed by atoms with van der Waals surface area (Å²) in [6.07, 6.45) is 5.76. The minimum absolute atomic E-state index is 0.646. The fourth-order valence-corrected chi connectivity index (χ4v) is 3.05. The molecular weight excluding hydrogens is 307 g/mol. The van der Waals surface area contributed by atoms with Gasteiger partial charge in [0.05, 0.1) is 0 Å². The molecule has 0 saturated heterocycles. The molecule has 0 aromatic heterocycles. The molecule has 0 nitrogen and oxygen atoms in total. The largest absolute Gasteiger partial charge is 0.0777 e. The van der Waals surface area contributed by atoms with Crippen LogP contribution in [0.2, 0.25) is 0 Å². The summed E-state index contributed by atoms with van der Waals surface area (Å²) in [5.74, 6) is 0. The van der Waals surface area contributed by atoms with Gasteiger partial charge in [-0.15, -0.1) is 0 Å². The minimum Gasteiger partial charge on any atom is -0.0777 e. The first kappa shape index (κ1) is 10.3. The number of fused-ring (bicyclic) bond motifs is 3. The number of allylic oxidation sites excluding steroid dienone is 1. The van der Waals surface area contributed by atoms with Crippen LogP contribution in [0.5, 0.6) is 0 Å². The van der Waals surface area contributed by atoms with Gasteiger partial charge in [0.1, 0.15) is 0 Å². The molecule has 0 aliphatic heterocycles. The van der Waals surface area contributed by atoms with E-state index in [4.69, 9.17) is 0 Å². The first-order chi connectivity index (χ1) is 7.74. The number of halogens is 1. The molecule has 1 aliphatic rings. The van der Waals surface area contributed by atoms with Gasteiger partial charge in [-0.3, -0.25) is 0 Å². The number of alkyl halides is 1. The highest BCUT2D eigenvalue weighted by molar-refractivity contribution is 14.1. The third-order valence-electron chi connectivity index (χ3n) is 3.19. The lowest BCUT2D eigenvalue weighted by Gasteiger charge is -2.16. The molecule has 80 valence electrons. The van der Waals surface area contributed by atoms with Gasteiger partial charge in [-0.25, -0.2) is 0 Å². The normalized spacial score (nSPS) is 18.8. The van der Waals surface area contributed by atoms with Gasteiger partial charge in [-0.1, -0.05) is 70.6 Å². The molecule has 0 radical (unpaired) electrons. The molecule has 2 aromatic carbocycles. The maximum atomic E-state index is 2.50. The van der Waals surface area contributed by atoms with Crippen molar-refractivity contribution < 1.29 is 0 Å². The summed E-state index contributed by atoms with van der Waals surface area (Å²) in [7, 11) is 0. The van der Waals surface area contributed by atoms with Crippen LogP contribution in [-0.2, 0) is 6.42 Å². The summed E-state index contributed by atoms with van der Waals surface area (Å²) in [5.41, 5.74) is 4.24. The zero-order chi connectivity index (χ0) is 11.1. The molecule has 0 N–H and O–H groups in total. The Morgan fingerprint density at radius 3 is 2.94 bits per heavy atom. The van der Waals surface area contributed by atoms with E-state index in [9.17, 15) is 0 Å². The first-order valence-corrected chi connectivity index (χ1v) is 6.83. The monoisotopic (exact) mass is 320 g/mol. The first-order valence-electron chi connectivity index (χ1n) is 5.58. The Labute approximate surface area is 110 Å². The number of hydrogen-bond donors (Lipinski definition) is 0. The van der Waals surface area contributed by atoms with E-state index in [-0.39, 0.29) is 0 Å². The average Bonchev–Trinajstić information content (AvgIpc) is 2.28. The molecule has 0 amide bonds. The second kappa shape index (κ2) is 3.88. The number of aryl methyl sites for hydroxylation is 1. The standard InChI is InChI=1S/C15H13I/c1-10-2-6-14-11(8-10)3-4-12-9-13(16)5-7-15(12)14/h2-8,13H,9H2,1H3. The van der Waals surface area contributed by atoms with Gasteiger partial charge >= 0.3 is 0 Å². The van der Waals surface area contributed by atoms with Crippen molar-refractivity contribution >= 4 is 39.4 Å². The zero-order valence-electron chi connectivity index (χ0n) is 9.20. The van der Waals surface area contributed by atoms with E-state index in [0.29, 0.717) is 3.92 Å². The highest BCUT2D eigenvalue weighted by Gasteiger charge is 2.12. The van der Waals surface area contributed by atoms with Crippen molar-refractivity contribution in [3.8, 4) is 0 Å². The van der Waals surface area contributed by atoms with Crippen LogP contribution in [0.25, 0.3) is 16.8 Å². The number of hydrogen-bond acceptors (Lipinski definition) is 0. The molecule has 2 aromatic rings. The molecule has 1 atom stereocenters. The topological polar surface area (TPSA) is 0 Å². The third-order valence-corrected chi connectivity index (χ3v) is 4.05. The lowest BCUT2D eigenvalue weighted by molar-refractivity contribution is 1.04. The maximum absolute atomic E-state index is 2.50.